The van der Waals surface area contributed by atoms with Gasteiger partial charge in [0, 0.05) is 24.0 Å². The molecule has 9 nitrogen and oxygen atoms in total. The molecule has 0 aromatic carbocycles. The highest BCUT2D eigenvalue weighted by Crippen LogP contribution is 2.25. The van der Waals surface area contributed by atoms with Gasteiger partial charge in [-0.25, -0.2) is 19.6 Å². The van der Waals surface area contributed by atoms with Gasteiger partial charge < -0.3 is 9.84 Å². The lowest BCUT2D eigenvalue weighted by molar-refractivity contribution is 0.0952. The van der Waals surface area contributed by atoms with Gasteiger partial charge in [0.25, 0.3) is 11.6 Å². The minimum absolute atomic E-state index is 0.151. The highest BCUT2D eigenvalue weighted by Gasteiger charge is 2.20. The molecule has 0 radical (unpaired) electrons. The number of fused-ring (bicyclic) bond motifs is 1. The van der Waals surface area contributed by atoms with Crippen molar-refractivity contribution in [1.82, 2.24) is 35.2 Å². The van der Waals surface area contributed by atoms with Crippen LogP contribution in [-0.2, 0) is 6.54 Å². The maximum absolute atomic E-state index is 13.0. The summed E-state index contributed by atoms with van der Waals surface area (Å²) in [4.78, 5) is 25.7. The first-order chi connectivity index (χ1) is 13.5. The van der Waals surface area contributed by atoms with E-state index in [4.69, 9.17) is 4.52 Å². The van der Waals surface area contributed by atoms with Crippen LogP contribution in [0.1, 0.15) is 47.1 Å². The standard InChI is InChI=1S/C19H19N7O2/c1-11(2)15-7-14(16-12(3)25-28-19(16)24-15)18(27)22-8-13-5-4-6-21-17(13)26-10-20-9-23-26/h4-7,9-11H,8H2,1-3H3,(H,22,27). The molecule has 9 heteroatoms. The number of hydrogen-bond donors (Lipinski definition) is 1. The second kappa shape index (κ2) is 7.18. The van der Waals surface area contributed by atoms with Crippen molar-refractivity contribution < 1.29 is 9.32 Å². The highest BCUT2D eigenvalue weighted by atomic mass is 16.5. The smallest absolute Gasteiger partial charge is 0.259 e. The van der Waals surface area contributed by atoms with Crippen LogP contribution < -0.4 is 5.32 Å². The molecule has 0 aliphatic rings. The first-order valence-electron chi connectivity index (χ1n) is 8.88. The van der Waals surface area contributed by atoms with Crippen LogP contribution in [0.5, 0.6) is 0 Å². The van der Waals surface area contributed by atoms with Gasteiger partial charge >= 0.3 is 0 Å². The second-order valence-corrected chi connectivity index (χ2v) is 6.71. The summed E-state index contributed by atoms with van der Waals surface area (Å²) in [6, 6.07) is 5.50. The van der Waals surface area contributed by atoms with Gasteiger partial charge in [-0.05, 0) is 25.0 Å². The van der Waals surface area contributed by atoms with E-state index in [1.807, 2.05) is 26.0 Å². The third-order valence-corrected chi connectivity index (χ3v) is 4.42. The van der Waals surface area contributed by atoms with E-state index in [9.17, 15) is 4.79 Å². The van der Waals surface area contributed by atoms with Crippen LogP contribution in [0.3, 0.4) is 0 Å². The van der Waals surface area contributed by atoms with Crippen LogP contribution in [0.2, 0.25) is 0 Å². The summed E-state index contributed by atoms with van der Waals surface area (Å²) in [6.45, 7) is 6.11. The van der Waals surface area contributed by atoms with Crippen LogP contribution in [0.25, 0.3) is 16.9 Å². The van der Waals surface area contributed by atoms with Crippen molar-refractivity contribution in [3.8, 4) is 5.82 Å². The average Bonchev–Trinajstić information content (AvgIpc) is 3.36. The maximum atomic E-state index is 13.0. The predicted molar refractivity (Wildman–Crippen MR) is 101 cm³/mol. The largest absolute Gasteiger partial charge is 0.348 e. The second-order valence-electron chi connectivity index (χ2n) is 6.71. The molecule has 0 unspecified atom stereocenters. The molecule has 4 rings (SSSR count). The molecular weight excluding hydrogens is 358 g/mol. The zero-order valence-corrected chi connectivity index (χ0v) is 15.7. The fourth-order valence-electron chi connectivity index (χ4n) is 2.95. The Balaban J connectivity index is 1.65. The molecule has 1 N–H and O–H groups in total. The first-order valence-corrected chi connectivity index (χ1v) is 8.88. The van der Waals surface area contributed by atoms with Crippen molar-refractivity contribution in [3.05, 3.63) is 59.6 Å². The van der Waals surface area contributed by atoms with Crippen LogP contribution in [-0.4, -0.2) is 35.8 Å². The van der Waals surface area contributed by atoms with Crippen LogP contribution in [0.4, 0.5) is 0 Å². The van der Waals surface area contributed by atoms with E-state index in [0.717, 1.165) is 11.3 Å². The summed E-state index contributed by atoms with van der Waals surface area (Å²) in [5.74, 6) is 0.539. The lowest BCUT2D eigenvalue weighted by Gasteiger charge is -2.11. The monoisotopic (exact) mass is 377 g/mol. The normalized spacial score (nSPS) is 11.3. The molecular formula is C19H19N7O2. The molecule has 0 saturated carbocycles. The van der Waals surface area contributed by atoms with Crippen molar-refractivity contribution in [2.75, 3.05) is 0 Å². The van der Waals surface area contributed by atoms with Gasteiger partial charge in [-0.3, -0.25) is 4.79 Å². The van der Waals surface area contributed by atoms with Crippen LogP contribution in [0.15, 0.2) is 41.6 Å². The number of nitrogens with zero attached hydrogens (tertiary/aromatic N) is 6. The van der Waals surface area contributed by atoms with Gasteiger partial charge in [0.05, 0.1) is 16.6 Å². The van der Waals surface area contributed by atoms with Crippen molar-refractivity contribution in [2.45, 2.75) is 33.2 Å². The molecule has 0 aliphatic carbocycles. The van der Waals surface area contributed by atoms with Gasteiger partial charge in [-0.1, -0.05) is 25.1 Å². The Morgan fingerprint density at radius 2 is 2.21 bits per heavy atom. The highest BCUT2D eigenvalue weighted by molar-refractivity contribution is 6.06. The van der Waals surface area contributed by atoms with Crippen molar-refractivity contribution in [3.63, 3.8) is 0 Å². The molecule has 0 fully saturated rings. The quantitative estimate of drug-likeness (QED) is 0.569. The summed E-state index contributed by atoms with van der Waals surface area (Å²) in [7, 11) is 0. The Hall–Kier alpha value is -3.62. The zero-order valence-electron chi connectivity index (χ0n) is 15.7. The molecule has 28 heavy (non-hydrogen) atoms. The Morgan fingerprint density at radius 1 is 1.36 bits per heavy atom. The molecule has 4 heterocycles. The van der Waals surface area contributed by atoms with Crippen LogP contribution >= 0.6 is 0 Å². The summed E-state index contributed by atoms with van der Waals surface area (Å²) in [5.41, 5.74) is 3.10. The number of amides is 1. The van der Waals surface area contributed by atoms with Gasteiger partial charge in [-0.2, -0.15) is 5.10 Å². The predicted octanol–water partition coefficient (Wildman–Crippen LogP) is 2.56. The minimum Gasteiger partial charge on any atom is -0.348 e. The van der Waals surface area contributed by atoms with Gasteiger partial charge in [-0.15, -0.1) is 0 Å². The van der Waals surface area contributed by atoms with Crippen molar-refractivity contribution >= 4 is 17.0 Å². The number of nitrogens with one attached hydrogen (secondary N) is 1. The van der Waals surface area contributed by atoms with Gasteiger partial charge in [0.1, 0.15) is 12.7 Å². The average molecular weight is 377 g/mol. The van der Waals surface area contributed by atoms with E-state index in [1.54, 1.807) is 30.2 Å². The number of pyridine rings is 2. The molecule has 1 amide bonds. The molecule has 4 aromatic rings. The van der Waals surface area contributed by atoms with Crippen molar-refractivity contribution in [2.24, 2.45) is 0 Å². The number of carbonyl (C=O) groups excluding carboxylic acids is 1. The summed E-state index contributed by atoms with van der Waals surface area (Å²) < 4.78 is 6.85. The Labute approximate surface area is 160 Å². The van der Waals surface area contributed by atoms with Crippen LogP contribution in [0, 0.1) is 6.92 Å². The number of carbonyl (C=O) groups is 1. The van der Waals surface area contributed by atoms with Crippen molar-refractivity contribution in [1.29, 1.82) is 0 Å². The maximum Gasteiger partial charge on any atom is 0.259 e. The molecule has 0 spiro atoms. The molecule has 0 bridgehead atoms. The van der Waals surface area contributed by atoms with E-state index in [1.165, 1.54) is 6.33 Å². The SMILES string of the molecule is Cc1noc2nc(C(C)C)cc(C(=O)NCc3cccnc3-n3cncn3)c12. The van der Waals surface area contributed by atoms with E-state index in [-0.39, 0.29) is 18.4 Å². The number of aryl methyl sites for hydroxylation is 1. The van der Waals surface area contributed by atoms with Gasteiger partial charge in [0.15, 0.2) is 5.82 Å². The molecule has 0 aliphatic heterocycles. The van der Waals surface area contributed by atoms with E-state index in [0.29, 0.717) is 28.2 Å². The third-order valence-electron chi connectivity index (χ3n) is 4.42. The summed E-state index contributed by atoms with van der Waals surface area (Å²) in [5, 5.41) is 11.7. The Kier molecular flexibility index (Phi) is 4.56. The molecule has 0 atom stereocenters. The zero-order chi connectivity index (χ0) is 19.7. The molecule has 0 saturated heterocycles. The first kappa shape index (κ1) is 17.8. The number of aromatic nitrogens is 6. The third kappa shape index (κ3) is 3.22. The molecule has 142 valence electrons. The summed E-state index contributed by atoms with van der Waals surface area (Å²) in [6.07, 6.45) is 4.67. The summed E-state index contributed by atoms with van der Waals surface area (Å²) >= 11 is 0. The fourth-order valence-corrected chi connectivity index (χ4v) is 2.95. The Morgan fingerprint density at radius 3 is 2.96 bits per heavy atom. The number of hydrogen-bond acceptors (Lipinski definition) is 7. The van der Waals surface area contributed by atoms with E-state index < -0.39 is 0 Å². The lowest BCUT2D eigenvalue weighted by Crippen LogP contribution is -2.24. The minimum atomic E-state index is -0.228. The topological polar surface area (TPSA) is 112 Å². The number of rotatable bonds is 5. The fraction of sp³-hybridized carbons (Fsp3) is 0.263. The molecule has 4 aromatic heterocycles. The van der Waals surface area contributed by atoms with E-state index >= 15 is 0 Å². The van der Waals surface area contributed by atoms with E-state index in [2.05, 4.69) is 30.5 Å². The Bertz CT molecular complexity index is 1130. The van der Waals surface area contributed by atoms with Gasteiger partial charge in [0.2, 0.25) is 0 Å². The lowest BCUT2D eigenvalue weighted by atomic mass is 10.0.